The maximum absolute atomic E-state index is 5.97. The molecule has 112 valence electrons. The fourth-order valence-electron chi connectivity index (χ4n) is 6.03. The summed E-state index contributed by atoms with van der Waals surface area (Å²) in [6.45, 7) is 0. The highest BCUT2D eigenvalue weighted by molar-refractivity contribution is 7.80. The average Bonchev–Trinajstić information content (AvgIpc) is 2.65. The molecule has 0 aliphatic heterocycles. The summed E-state index contributed by atoms with van der Waals surface area (Å²) in [6.07, 6.45) is 17.2. The van der Waals surface area contributed by atoms with Gasteiger partial charge >= 0.3 is 0 Å². The molecule has 0 radical (unpaired) electrons. The van der Waals surface area contributed by atoms with E-state index in [0.717, 1.165) is 17.8 Å². The first-order valence-corrected chi connectivity index (χ1v) is 9.45. The summed E-state index contributed by atoms with van der Waals surface area (Å²) in [5, 5.41) is 3.83. The van der Waals surface area contributed by atoms with E-state index in [0.29, 0.717) is 11.5 Å². The summed E-state index contributed by atoms with van der Waals surface area (Å²) in [6, 6.07) is 0.698. The van der Waals surface area contributed by atoms with E-state index in [1.807, 2.05) is 0 Å². The van der Waals surface area contributed by atoms with Crippen molar-refractivity contribution >= 4 is 17.2 Å². The number of nitrogens with one attached hydrogen (secondary N) is 1. The Morgan fingerprint density at radius 1 is 0.850 bits per heavy atom. The highest BCUT2D eigenvalue weighted by Gasteiger charge is 2.49. The fourth-order valence-corrected chi connectivity index (χ4v) is 6.46. The zero-order valence-electron chi connectivity index (χ0n) is 12.7. The molecule has 2 heteroatoms. The lowest BCUT2D eigenvalue weighted by Crippen LogP contribution is -2.48. The van der Waals surface area contributed by atoms with Gasteiger partial charge in [0.2, 0.25) is 0 Å². The first kappa shape index (κ1) is 13.5. The molecule has 1 nitrogen and oxygen atoms in total. The zero-order valence-corrected chi connectivity index (χ0v) is 13.5. The van der Waals surface area contributed by atoms with Crippen molar-refractivity contribution in [2.45, 2.75) is 83.1 Å². The van der Waals surface area contributed by atoms with E-state index in [1.165, 1.54) is 82.0 Å². The van der Waals surface area contributed by atoms with Crippen LogP contribution in [0.1, 0.15) is 77.0 Å². The van der Waals surface area contributed by atoms with Crippen LogP contribution >= 0.6 is 12.2 Å². The van der Waals surface area contributed by atoms with E-state index >= 15 is 0 Å². The molecule has 5 rings (SSSR count). The molecule has 5 fully saturated rings. The molecular formula is C18H29NS. The van der Waals surface area contributed by atoms with E-state index in [2.05, 4.69) is 5.32 Å². The van der Waals surface area contributed by atoms with Crippen molar-refractivity contribution in [2.24, 2.45) is 23.2 Å². The molecule has 0 heterocycles. The van der Waals surface area contributed by atoms with Gasteiger partial charge in [-0.3, -0.25) is 0 Å². The molecule has 0 aromatic heterocycles. The topological polar surface area (TPSA) is 12.0 Å². The number of hydrogen-bond acceptors (Lipinski definition) is 1. The third-order valence-electron chi connectivity index (χ3n) is 6.81. The molecule has 1 N–H and O–H groups in total. The fraction of sp³-hybridized carbons (Fsp3) is 0.944. The van der Waals surface area contributed by atoms with Gasteiger partial charge < -0.3 is 5.32 Å². The lowest BCUT2D eigenvalue weighted by molar-refractivity contribution is 0.107. The van der Waals surface area contributed by atoms with Crippen LogP contribution in [0.3, 0.4) is 0 Å². The van der Waals surface area contributed by atoms with Gasteiger partial charge in [0.25, 0.3) is 0 Å². The van der Waals surface area contributed by atoms with Crippen LogP contribution in [0.4, 0.5) is 0 Å². The van der Waals surface area contributed by atoms with E-state index < -0.39 is 0 Å². The normalized spacial score (nSPS) is 44.3. The predicted octanol–water partition coefficient (Wildman–Crippen LogP) is 4.84. The second-order valence-corrected chi connectivity index (χ2v) is 8.75. The molecule has 4 bridgehead atoms. The van der Waals surface area contributed by atoms with Crippen molar-refractivity contribution in [3.63, 3.8) is 0 Å². The Hall–Kier alpha value is -0.110. The largest absolute Gasteiger partial charge is 0.376 e. The van der Waals surface area contributed by atoms with E-state index in [1.54, 1.807) is 0 Å². The SMILES string of the molecule is S=C(NC1CCCCC1)C12CCC3CC(CC(C3)C1)C2. The van der Waals surface area contributed by atoms with Crippen LogP contribution < -0.4 is 5.32 Å². The molecule has 5 saturated carbocycles. The van der Waals surface area contributed by atoms with Gasteiger partial charge in [-0.2, -0.15) is 0 Å². The van der Waals surface area contributed by atoms with Gasteiger partial charge in [-0.1, -0.05) is 31.5 Å². The van der Waals surface area contributed by atoms with Crippen LogP contribution in [-0.2, 0) is 0 Å². The minimum atomic E-state index is 0.408. The molecule has 0 saturated heterocycles. The van der Waals surface area contributed by atoms with Gasteiger partial charge in [0.1, 0.15) is 0 Å². The zero-order chi connectivity index (χ0) is 13.6. The maximum Gasteiger partial charge on any atom is 0.0818 e. The van der Waals surface area contributed by atoms with Crippen LogP contribution in [0.25, 0.3) is 0 Å². The summed E-state index contributed by atoms with van der Waals surface area (Å²) in [5.74, 6) is 3.04. The smallest absolute Gasteiger partial charge is 0.0818 e. The Labute approximate surface area is 129 Å². The third kappa shape index (κ3) is 2.42. The number of thiocarbonyl (C=S) groups is 1. The van der Waals surface area contributed by atoms with Crippen LogP contribution in [-0.4, -0.2) is 11.0 Å². The lowest BCUT2D eigenvalue weighted by atomic mass is 9.61. The second kappa shape index (κ2) is 5.26. The molecule has 5 aliphatic rings. The summed E-state index contributed by atoms with van der Waals surface area (Å²) >= 11 is 5.97. The Kier molecular flexibility index (Phi) is 3.57. The maximum atomic E-state index is 5.97. The average molecular weight is 292 g/mol. The Balaban J connectivity index is 1.49. The van der Waals surface area contributed by atoms with E-state index in [-0.39, 0.29) is 0 Å². The molecule has 0 amide bonds. The highest BCUT2D eigenvalue weighted by atomic mass is 32.1. The molecule has 0 aromatic carbocycles. The number of fused-ring (bicyclic) bond motifs is 1. The standard InChI is InChI=1S/C18H29NS/c20-17(19-16-4-2-1-3-5-16)18-7-6-13-8-14(11-18)10-15(9-13)12-18/h13-16H,1-12H2,(H,19,20). The second-order valence-electron chi connectivity index (χ2n) is 8.34. The molecule has 2 unspecified atom stereocenters. The summed E-state index contributed by atoms with van der Waals surface area (Å²) < 4.78 is 0. The van der Waals surface area contributed by atoms with Crippen LogP contribution in [0.5, 0.6) is 0 Å². The Bertz CT molecular complexity index is 371. The minimum absolute atomic E-state index is 0.408. The molecular weight excluding hydrogens is 262 g/mol. The van der Waals surface area contributed by atoms with Crippen molar-refractivity contribution in [3.05, 3.63) is 0 Å². The summed E-state index contributed by atoms with van der Waals surface area (Å²) in [5.41, 5.74) is 0.408. The quantitative estimate of drug-likeness (QED) is 0.730. The van der Waals surface area contributed by atoms with Gasteiger partial charge in [0.15, 0.2) is 0 Å². The Morgan fingerprint density at radius 3 is 2.20 bits per heavy atom. The van der Waals surface area contributed by atoms with E-state index in [4.69, 9.17) is 12.2 Å². The van der Waals surface area contributed by atoms with Crippen molar-refractivity contribution in [1.82, 2.24) is 5.32 Å². The molecule has 0 spiro atoms. The highest BCUT2D eigenvalue weighted by Crippen LogP contribution is 2.57. The predicted molar refractivity (Wildman–Crippen MR) is 87.8 cm³/mol. The molecule has 0 aromatic rings. The van der Waals surface area contributed by atoms with Crippen LogP contribution in [0.2, 0.25) is 0 Å². The number of hydrogen-bond donors (Lipinski definition) is 1. The van der Waals surface area contributed by atoms with Crippen molar-refractivity contribution in [2.75, 3.05) is 0 Å². The minimum Gasteiger partial charge on any atom is -0.376 e. The first-order valence-electron chi connectivity index (χ1n) is 9.04. The Morgan fingerprint density at radius 2 is 1.50 bits per heavy atom. The summed E-state index contributed by atoms with van der Waals surface area (Å²) in [7, 11) is 0. The van der Waals surface area contributed by atoms with Gasteiger partial charge in [-0.25, -0.2) is 0 Å². The van der Waals surface area contributed by atoms with Crippen LogP contribution in [0.15, 0.2) is 0 Å². The first-order chi connectivity index (χ1) is 9.73. The molecule has 20 heavy (non-hydrogen) atoms. The van der Waals surface area contributed by atoms with Crippen molar-refractivity contribution < 1.29 is 0 Å². The monoisotopic (exact) mass is 291 g/mol. The molecule has 2 atom stereocenters. The summed E-state index contributed by atoms with van der Waals surface area (Å²) in [4.78, 5) is 1.28. The number of rotatable bonds is 2. The van der Waals surface area contributed by atoms with Crippen molar-refractivity contribution in [3.8, 4) is 0 Å². The molecule has 5 aliphatic carbocycles. The van der Waals surface area contributed by atoms with Gasteiger partial charge in [-0.15, -0.1) is 0 Å². The van der Waals surface area contributed by atoms with E-state index in [9.17, 15) is 0 Å². The van der Waals surface area contributed by atoms with Gasteiger partial charge in [-0.05, 0) is 75.5 Å². The van der Waals surface area contributed by atoms with Crippen molar-refractivity contribution in [1.29, 1.82) is 0 Å². The third-order valence-corrected chi connectivity index (χ3v) is 7.36. The lowest BCUT2D eigenvalue weighted by Gasteiger charge is -2.46. The van der Waals surface area contributed by atoms with Gasteiger partial charge in [0, 0.05) is 11.5 Å². The van der Waals surface area contributed by atoms with Gasteiger partial charge in [0.05, 0.1) is 4.99 Å². The van der Waals surface area contributed by atoms with Crippen LogP contribution in [0, 0.1) is 23.2 Å².